The standard InChI is InChI=1S/C18H25F3N4O.HI/c1-2-22-17(23-9-5-11-26-13-18(19,20)21)24-10-8-14-12-25-16-7-4-3-6-15(14)16;/h3-4,6-7,12,25H,2,5,8-11,13H2,1H3,(H2,22,23,24);1H. The zero-order valence-corrected chi connectivity index (χ0v) is 17.6. The molecule has 5 nitrogen and oxygen atoms in total. The highest BCUT2D eigenvalue weighted by Crippen LogP contribution is 2.17. The summed E-state index contributed by atoms with van der Waals surface area (Å²) in [6.07, 6.45) is -0.991. The predicted octanol–water partition coefficient (Wildman–Crippen LogP) is 3.85. The molecule has 0 saturated heterocycles. The first-order valence-corrected chi connectivity index (χ1v) is 8.71. The topological polar surface area (TPSA) is 61.4 Å². The van der Waals surface area contributed by atoms with Crippen molar-refractivity contribution in [3.63, 3.8) is 0 Å². The van der Waals surface area contributed by atoms with Crippen molar-refractivity contribution in [3.8, 4) is 0 Å². The van der Waals surface area contributed by atoms with E-state index in [-0.39, 0.29) is 30.6 Å². The number of H-pyrrole nitrogens is 1. The van der Waals surface area contributed by atoms with Crippen molar-refractivity contribution in [2.24, 2.45) is 4.99 Å². The SMILES string of the molecule is CCNC(=NCCCOCC(F)(F)F)NCCc1c[nH]c2ccccc12.I. The molecule has 152 valence electrons. The van der Waals surface area contributed by atoms with Gasteiger partial charge < -0.3 is 20.4 Å². The van der Waals surface area contributed by atoms with E-state index in [1.807, 2.05) is 31.3 Å². The van der Waals surface area contributed by atoms with Crippen LogP contribution < -0.4 is 10.6 Å². The van der Waals surface area contributed by atoms with Gasteiger partial charge in [-0.15, -0.1) is 24.0 Å². The molecule has 1 aromatic carbocycles. The average molecular weight is 498 g/mol. The van der Waals surface area contributed by atoms with Crippen molar-refractivity contribution < 1.29 is 17.9 Å². The lowest BCUT2D eigenvalue weighted by molar-refractivity contribution is -0.173. The Morgan fingerprint density at radius 2 is 2.00 bits per heavy atom. The van der Waals surface area contributed by atoms with E-state index in [0.29, 0.717) is 32.0 Å². The maximum absolute atomic E-state index is 12.0. The number of nitrogens with zero attached hydrogens (tertiary/aromatic N) is 1. The molecule has 9 heteroatoms. The fourth-order valence-electron chi connectivity index (χ4n) is 2.54. The highest BCUT2D eigenvalue weighted by molar-refractivity contribution is 14.0. The molecule has 1 aromatic heterocycles. The maximum Gasteiger partial charge on any atom is 0.411 e. The third-order valence-corrected chi connectivity index (χ3v) is 3.69. The quantitative estimate of drug-likeness (QED) is 0.213. The molecule has 2 rings (SSSR count). The lowest BCUT2D eigenvalue weighted by Crippen LogP contribution is -2.38. The fourth-order valence-corrected chi connectivity index (χ4v) is 2.54. The highest BCUT2D eigenvalue weighted by atomic mass is 127. The van der Waals surface area contributed by atoms with Crippen LogP contribution in [0.4, 0.5) is 13.2 Å². The van der Waals surface area contributed by atoms with Crippen molar-refractivity contribution in [1.82, 2.24) is 15.6 Å². The number of fused-ring (bicyclic) bond motifs is 1. The van der Waals surface area contributed by atoms with Gasteiger partial charge in [-0.25, -0.2) is 0 Å². The molecule has 27 heavy (non-hydrogen) atoms. The lowest BCUT2D eigenvalue weighted by atomic mass is 10.1. The van der Waals surface area contributed by atoms with Gasteiger partial charge in [-0.05, 0) is 31.4 Å². The predicted molar refractivity (Wildman–Crippen MR) is 113 cm³/mol. The molecule has 0 aliphatic heterocycles. The summed E-state index contributed by atoms with van der Waals surface area (Å²) in [5.74, 6) is 0.656. The van der Waals surface area contributed by atoms with Crippen LogP contribution in [0, 0.1) is 0 Å². The van der Waals surface area contributed by atoms with Crippen molar-refractivity contribution >= 4 is 40.8 Å². The molecule has 1 heterocycles. The van der Waals surface area contributed by atoms with Gasteiger partial charge >= 0.3 is 6.18 Å². The fraction of sp³-hybridized carbons (Fsp3) is 0.500. The highest BCUT2D eigenvalue weighted by Gasteiger charge is 2.27. The molecule has 2 aromatic rings. The maximum atomic E-state index is 12.0. The van der Waals surface area contributed by atoms with Crippen molar-refractivity contribution in [1.29, 1.82) is 0 Å². The normalized spacial score (nSPS) is 12.1. The molecule has 0 amide bonds. The molecule has 0 saturated carbocycles. The molecule has 0 fully saturated rings. The van der Waals surface area contributed by atoms with Gasteiger partial charge in [0.15, 0.2) is 5.96 Å². The van der Waals surface area contributed by atoms with E-state index in [1.54, 1.807) is 0 Å². The second kappa shape index (κ2) is 12.1. The second-order valence-electron chi connectivity index (χ2n) is 5.82. The number of rotatable bonds is 9. The number of ether oxygens (including phenoxy) is 1. The van der Waals surface area contributed by atoms with E-state index < -0.39 is 12.8 Å². The Hall–Kier alpha value is -1.49. The van der Waals surface area contributed by atoms with Gasteiger partial charge in [0, 0.05) is 43.3 Å². The number of guanidine groups is 1. The van der Waals surface area contributed by atoms with Crippen LogP contribution in [0.2, 0.25) is 0 Å². The van der Waals surface area contributed by atoms with E-state index in [0.717, 1.165) is 11.9 Å². The zero-order valence-electron chi connectivity index (χ0n) is 15.2. The number of aromatic nitrogens is 1. The molecular formula is C18H26F3IN4O. The molecular weight excluding hydrogens is 472 g/mol. The summed E-state index contributed by atoms with van der Waals surface area (Å²) in [5.41, 5.74) is 2.34. The van der Waals surface area contributed by atoms with E-state index in [2.05, 4.69) is 31.4 Å². The molecule has 0 spiro atoms. The van der Waals surface area contributed by atoms with Gasteiger partial charge in [0.25, 0.3) is 0 Å². The minimum absolute atomic E-state index is 0. The Morgan fingerprint density at radius 1 is 1.22 bits per heavy atom. The van der Waals surface area contributed by atoms with Gasteiger partial charge in [-0.1, -0.05) is 18.2 Å². The summed E-state index contributed by atoms with van der Waals surface area (Å²) in [4.78, 5) is 7.60. The summed E-state index contributed by atoms with van der Waals surface area (Å²) >= 11 is 0. The Morgan fingerprint density at radius 3 is 2.74 bits per heavy atom. The lowest BCUT2D eigenvalue weighted by Gasteiger charge is -2.11. The number of hydrogen-bond donors (Lipinski definition) is 3. The van der Waals surface area contributed by atoms with Crippen LogP contribution in [0.5, 0.6) is 0 Å². The molecule has 0 aliphatic rings. The monoisotopic (exact) mass is 498 g/mol. The van der Waals surface area contributed by atoms with E-state index >= 15 is 0 Å². The van der Waals surface area contributed by atoms with E-state index in [9.17, 15) is 13.2 Å². The number of aromatic amines is 1. The van der Waals surface area contributed by atoms with Crippen LogP contribution >= 0.6 is 24.0 Å². The Balaban J connectivity index is 0.00000364. The van der Waals surface area contributed by atoms with Crippen LogP contribution in [-0.2, 0) is 11.2 Å². The average Bonchev–Trinajstić information content (AvgIpc) is 3.00. The Labute approximate surface area is 174 Å². The van der Waals surface area contributed by atoms with Gasteiger partial charge in [0.1, 0.15) is 6.61 Å². The third-order valence-electron chi connectivity index (χ3n) is 3.69. The summed E-state index contributed by atoms with van der Waals surface area (Å²) in [7, 11) is 0. The van der Waals surface area contributed by atoms with Crippen LogP contribution in [0.15, 0.2) is 35.5 Å². The van der Waals surface area contributed by atoms with Gasteiger partial charge in [-0.3, -0.25) is 4.99 Å². The number of para-hydroxylation sites is 1. The van der Waals surface area contributed by atoms with E-state index in [1.165, 1.54) is 10.9 Å². The van der Waals surface area contributed by atoms with Crippen molar-refractivity contribution in [2.75, 3.05) is 32.8 Å². The van der Waals surface area contributed by atoms with Crippen LogP contribution in [0.1, 0.15) is 18.9 Å². The first-order valence-electron chi connectivity index (χ1n) is 8.71. The van der Waals surface area contributed by atoms with Gasteiger partial charge in [0.05, 0.1) is 0 Å². The smallest absolute Gasteiger partial charge is 0.372 e. The number of aliphatic imine (C=N–C) groups is 1. The minimum atomic E-state index is -4.28. The number of halogens is 4. The summed E-state index contributed by atoms with van der Waals surface area (Å²) in [6.45, 7) is 2.61. The van der Waals surface area contributed by atoms with Crippen LogP contribution in [-0.4, -0.2) is 50.0 Å². The molecule has 3 N–H and O–H groups in total. The Kier molecular flexibility index (Phi) is 10.5. The number of benzene rings is 1. The largest absolute Gasteiger partial charge is 0.411 e. The van der Waals surface area contributed by atoms with Crippen molar-refractivity contribution in [3.05, 3.63) is 36.0 Å². The van der Waals surface area contributed by atoms with Gasteiger partial charge in [0.2, 0.25) is 0 Å². The molecule has 0 radical (unpaired) electrons. The second-order valence-corrected chi connectivity index (χ2v) is 5.82. The minimum Gasteiger partial charge on any atom is -0.372 e. The number of nitrogens with one attached hydrogen (secondary N) is 3. The van der Waals surface area contributed by atoms with Gasteiger partial charge in [-0.2, -0.15) is 13.2 Å². The molecule has 0 atom stereocenters. The third kappa shape index (κ3) is 8.83. The summed E-state index contributed by atoms with van der Waals surface area (Å²) < 4.78 is 40.5. The molecule has 0 unspecified atom stereocenters. The Bertz CT molecular complexity index is 703. The van der Waals surface area contributed by atoms with Crippen molar-refractivity contribution in [2.45, 2.75) is 25.9 Å². The summed E-state index contributed by atoms with van der Waals surface area (Å²) in [5, 5.41) is 7.57. The zero-order chi connectivity index (χ0) is 18.8. The number of hydrogen-bond acceptors (Lipinski definition) is 2. The van der Waals surface area contributed by atoms with Crippen LogP contribution in [0.3, 0.4) is 0 Å². The van der Waals surface area contributed by atoms with Crippen LogP contribution in [0.25, 0.3) is 10.9 Å². The summed E-state index contributed by atoms with van der Waals surface area (Å²) in [6, 6.07) is 8.13. The number of alkyl halides is 3. The molecule has 0 aliphatic carbocycles. The van der Waals surface area contributed by atoms with E-state index in [4.69, 9.17) is 0 Å². The first kappa shape index (κ1) is 23.5. The first-order chi connectivity index (χ1) is 12.5. The molecule has 0 bridgehead atoms.